The predicted molar refractivity (Wildman–Crippen MR) is 237 cm³/mol. The highest BCUT2D eigenvalue weighted by molar-refractivity contribution is 6.78. The number of carbonyl (C=O) groups excluding carboxylic acids is 3. The van der Waals surface area contributed by atoms with E-state index in [1.165, 1.54) is 6.92 Å². The molecule has 0 bridgehead atoms. The van der Waals surface area contributed by atoms with Crippen LogP contribution in [0.2, 0.25) is 34.8 Å². The van der Waals surface area contributed by atoms with Crippen molar-refractivity contribution in [1.82, 2.24) is 15.5 Å². The summed E-state index contributed by atoms with van der Waals surface area (Å²) in [5.41, 5.74) is 10.6. The summed E-state index contributed by atoms with van der Waals surface area (Å²) in [6.07, 6.45) is 1.06. The summed E-state index contributed by atoms with van der Waals surface area (Å²) in [5.74, 6) is -0.648. The molecule has 0 radical (unpaired) electrons. The van der Waals surface area contributed by atoms with Gasteiger partial charge >= 0.3 is 6.09 Å². The standard InChI is InChI=1S/C43H69N5O8Si2/c1-25(2)38(47-42(52)53)40(50)45-29(9)39(49)46-32-18-16-30(17-19-32)31-20-33(24-55-57(14,15)43(10,11)12)48(23-31)41(51)34-21-36(54-13)37(22-35(34)44)56-58(26(3)4,27(5)6)28(7)8/h16-19,21-23,25-29,33,38,47H,20,24,44H2,1-15H3,(H,45,50)(H,46,49)(H,52,53). The fourth-order valence-corrected chi connectivity index (χ4v) is 13.8. The molecule has 0 saturated carbocycles. The molecule has 4 amide bonds. The highest BCUT2D eigenvalue weighted by Gasteiger charge is 2.48. The minimum atomic E-state index is -2.36. The fourth-order valence-electron chi connectivity index (χ4n) is 7.49. The van der Waals surface area contributed by atoms with Gasteiger partial charge in [0.2, 0.25) is 11.8 Å². The first-order valence-electron chi connectivity index (χ1n) is 20.3. The number of ether oxygens (including phenoxy) is 1. The average Bonchev–Trinajstić information content (AvgIpc) is 3.55. The van der Waals surface area contributed by atoms with Gasteiger partial charge in [0, 0.05) is 23.6 Å². The molecule has 2 aromatic carbocycles. The second-order valence-corrected chi connectivity index (χ2v) is 28.5. The summed E-state index contributed by atoms with van der Waals surface area (Å²) in [7, 11) is -2.97. The largest absolute Gasteiger partial charge is 0.540 e. The second-order valence-electron chi connectivity index (χ2n) is 18.3. The van der Waals surface area contributed by atoms with Crippen molar-refractivity contribution in [2.24, 2.45) is 5.92 Å². The number of amides is 4. The van der Waals surface area contributed by atoms with Gasteiger partial charge in [-0.3, -0.25) is 14.4 Å². The topological polar surface area (TPSA) is 182 Å². The molecule has 15 heteroatoms. The van der Waals surface area contributed by atoms with E-state index in [0.717, 1.165) is 11.1 Å². The van der Waals surface area contributed by atoms with Gasteiger partial charge in [-0.25, -0.2) is 4.79 Å². The first-order valence-corrected chi connectivity index (χ1v) is 25.4. The summed E-state index contributed by atoms with van der Waals surface area (Å²) in [5, 5.41) is 16.7. The summed E-state index contributed by atoms with van der Waals surface area (Å²) >= 11 is 0. The molecule has 1 aliphatic rings. The molecule has 58 heavy (non-hydrogen) atoms. The first-order chi connectivity index (χ1) is 26.8. The van der Waals surface area contributed by atoms with Crippen molar-refractivity contribution in [3.05, 3.63) is 53.7 Å². The fraction of sp³-hybridized carbons (Fsp3) is 0.581. The van der Waals surface area contributed by atoms with Crippen molar-refractivity contribution in [1.29, 1.82) is 0 Å². The number of nitrogens with one attached hydrogen (secondary N) is 3. The van der Waals surface area contributed by atoms with Crippen molar-refractivity contribution in [3.63, 3.8) is 0 Å². The van der Waals surface area contributed by atoms with Crippen LogP contribution in [0.15, 0.2) is 42.6 Å². The van der Waals surface area contributed by atoms with E-state index >= 15 is 0 Å². The molecule has 0 spiro atoms. The van der Waals surface area contributed by atoms with Gasteiger partial charge in [0.05, 0.1) is 25.3 Å². The number of methoxy groups -OCH3 is 1. The van der Waals surface area contributed by atoms with Gasteiger partial charge in [0.1, 0.15) is 17.8 Å². The summed E-state index contributed by atoms with van der Waals surface area (Å²) in [6, 6.07) is 8.43. The Morgan fingerprint density at radius 1 is 0.879 bits per heavy atom. The van der Waals surface area contributed by atoms with Crippen LogP contribution in [0, 0.1) is 5.92 Å². The maximum absolute atomic E-state index is 14.6. The van der Waals surface area contributed by atoms with Crippen LogP contribution in [0.3, 0.4) is 0 Å². The van der Waals surface area contributed by atoms with E-state index in [1.54, 1.807) is 50.1 Å². The molecule has 0 aliphatic carbocycles. The summed E-state index contributed by atoms with van der Waals surface area (Å²) in [6.45, 7) is 29.5. The van der Waals surface area contributed by atoms with Crippen LogP contribution in [0.25, 0.3) is 5.57 Å². The molecule has 3 rings (SSSR count). The van der Waals surface area contributed by atoms with Crippen molar-refractivity contribution < 1.29 is 37.9 Å². The number of anilines is 2. The lowest BCUT2D eigenvalue weighted by Gasteiger charge is -2.42. The Morgan fingerprint density at radius 2 is 1.45 bits per heavy atom. The highest BCUT2D eigenvalue weighted by Crippen LogP contribution is 2.46. The van der Waals surface area contributed by atoms with Crippen LogP contribution in [0.1, 0.15) is 105 Å². The monoisotopic (exact) mass is 839 g/mol. The minimum Gasteiger partial charge on any atom is -0.540 e. The smallest absolute Gasteiger partial charge is 0.405 e. The molecule has 0 saturated heterocycles. The molecule has 6 N–H and O–H groups in total. The van der Waals surface area contributed by atoms with E-state index in [4.69, 9.17) is 24.4 Å². The Labute approximate surface area is 348 Å². The van der Waals surface area contributed by atoms with Crippen LogP contribution >= 0.6 is 0 Å². The lowest BCUT2D eigenvalue weighted by molar-refractivity contribution is -0.128. The molecule has 1 heterocycles. The van der Waals surface area contributed by atoms with Crippen LogP contribution in [-0.2, 0) is 14.0 Å². The Balaban J connectivity index is 1.94. The Bertz CT molecular complexity index is 1800. The number of rotatable bonds is 17. The summed E-state index contributed by atoms with van der Waals surface area (Å²) < 4.78 is 19.5. The van der Waals surface area contributed by atoms with Crippen LogP contribution in [-0.4, -0.2) is 82.3 Å². The van der Waals surface area contributed by atoms with Gasteiger partial charge < -0.3 is 45.3 Å². The van der Waals surface area contributed by atoms with E-state index in [0.29, 0.717) is 58.1 Å². The van der Waals surface area contributed by atoms with E-state index in [9.17, 15) is 19.2 Å². The lowest BCUT2D eigenvalue weighted by atomic mass is 10.0. The SMILES string of the molecule is COc1cc(C(=O)N2C=C(c3ccc(NC(=O)C(C)NC(=O)C(NC(=O)O)C(C)C)cc3)CC2CO[Si](C)(C)C(C)(C)C)c(N)cc1O[Si](C(C)C)(C(C)C)C(C)C. The van der Waals surface area contributed by atoms with Crippen molar-refractivity contribution in [2.75, 3.05) is 24.8 Å². The van der Waals surface area contributed by atoms with Gasteiger partial charge in [-0.15, -0.1) is 0 Å². The van der Waals surface area contributed by atoms with Crippen LogP contribution in [0.4, 0.5) is 16.2 Å². The number of nitrogen functional groups attached to an aromatic ring is 1. The molecule has 0 fully saturated rings. The lowest BCUT2D eigenvalue weighted by Crippen LogP contribution is -2.53. The maximum Gasteiger partial charge on any atom is 0.405 e. The first kappa shape index (κ1) is 48.0. The van der Waals surface area contributed by atoms with E-state index in [-0.39, 0.29) is 22.9 Å². The molecule has 322 valence electrons. The van der Waals surface area contributed by atoms with Crippen LogP contribution < -0.4 is 30.8 Å². The molecule has 1 aliphatic heterocycles. The zero-order valence-corrected chi connectivity index (χ0v) is 39.3. The zero-order valence-electron chi connectivity index (χ0n) is 37.3. The maximum atomic E-state index is 14.6. The molecular weight excluding hydrogens is 771 g/mol. The number of carbonyl (C=O) groups is 4. The molecule has 3 atom stereocenters. The number of nitrogens with two attached hydrogens (primary N) is 1. The third-order valence-electron chi connectivity index (χ3n) is 11.9. The van der Waals surface area contributed by atoms with E-state index in [2.05, 4.69) is 91.4 Å². The third-order valence-corrected chi connectivity index (χ3v) is 22.4. The van der Waals surface area contributed by atoms with Crippen molar-refractivity contribution >= 4 is 57.4 Å². The number of carboxylic acid groups (broad SMARTS) is 1. The number of hydrogen-bond donors (Lipinski definition) is 5. The molecular formula is C43H69N5O8Si2. The number of nitrogens with zero attached hydrogens (tertiary/aromatic N) is 1. The minimum absolute atomic E-state index is 0.0309. The quantitative estimate of drug-likeness (QED) is 0.0768. The Morgan fingerprint density at radius 3 is 1.93 bits per heavy atom. The Kier molecular flexibility index (Phi) is 15.9. The normalized spacial score (nSPS) is 16.0. The van der Waals surface area contributed by atoms with Gasteiger partial charge in [0.15, 0.2) is 14.1 Å². The molecule has 2 aromatic rings. The predicted octanol–water partition coefficient (Wildman–Crippen LogP) is 8.84. The van der Waals surface area contributed by atoms with Gasteiger partial charge in [-0.2, -0.15) is 0 Å². The average molecular weight is 840 g/mol. The highest BCUT2D eigenvalue weighted by atomic mass is 28.4. The van der Waals surface area contributed by atoms with Crippen molar-refractivity contribution in [3.8, 4) is 11.5 Å². The van der Waals surface area contributed by atoms with E-state index in [1.807, 2.05) is 18.3 Å². The van der Waals surface area contributed by atoms with Gasteiger partial charge in [-0.05, 0) is 83.4 Å². The Hall–Kier alpha value is -4.35. The van der Waals surface area contributed by atoms with Crippen molar-refractivity contribution in [2.45, 2.75) is 142 Å². The van der Waals surface area contributed by atoms with Gasteiger partial charge in [-0.1, -0.05) is 88.3 Å². The molecule has 13 nitrogen and oxygen atoms in total. The van der Waals surface area contributed by atoms with E-state index < -0.39 is 46.6 Å². The summed E-state index contributed by atoms with van der Waals surface area (Å²) in [4.78, 5) is 53.2. The molecule has 3 unspecified atom stereocenters. The number of benzene rings is 2. The van der Waals surface area contributed by atoms with Crippen LogP contribution in [0.5, 0.6) is 11.5 Å². The molecule has 0 aromatic heterocycles. The van der Waals surface area contributed by atoms with Gasteiger partial charge in [0.25, 0.3) is 14.2 Å². The zero-order chi connectivity index (χ0) is 44.1. The number of hydrogen-bond acceptors (Lipinski definition) is 8. The third kappa shape index (κ3) is 11.0. The second kappa shape index (κ2) is 19.1.